The van der Waals surface area contributed by atoms with Crippen LogP contribution < -0.4 is 5.32 Å². The van der Waals surface area contributed by atoms with E-state index in [1.807, 2.05) is 36.4 Å². The highest BCUT2D eigenvalue weighted by Gasteiger charge is 2.15. The average Bonchev–Trinajstić information content (AvgIpc) is 2.49. The van der Waals surface area contributed by atoms with Gasteiger partial charge in [0.2, 0.25) is 0 Å². The Kier molecular flexibility index (Phi) is 4.48. The predicted molar refractivity (Wildman–Crippen MR) is 93.0 cm³/mol. The second-order valence-corrected chi connectivity index (χ2v) is 6.16. The second kappa shape index (κ2) is 6.52. The first-order valence-electron chi connectivity index (χ1n) is 6.27. The van der Waals surface area contributed by atoms with Crippen LogP contribution in [0.3, 0.4) is 0 Å². The molecule has 1 N–H and O–H groups in total. The molecule has 0 saturated carbocycles. The third-order valence-electron chi connectivity index (χ3n) is 2.87. The zero-order valence-electron chi connectivity index (χ0n) is 10.9. The number of halogens is 2. The van der Waals surface area contributed by atoms with Crippen LogP contribution >= 0.6 is 35.0 Å². The molecule has 0 fully saturated rings. The van der Waals surface area contributed by atoms with Gasteiger partial charge in [0.15, 0.2) is 5.17 Å². The maximum absolute atomic E-state index is 6.19. The summed E-state index contributed by atoms with van der Waals surface area (Å²) < 4.78 is 0. The highest BCUT2D eigenvalue weighted by atomic mass is 35.5. The lowest BCUT2D eigenvalue weighted by molar-refractivity contribution is 1.23. The Balaban J connectivity index is 1.79. The van der Waals surface area contributed by atoms with E-state index in [-0.39, 0.29) is 0 Å². The van der Waals surface area contributed by atoms with E-state index >= 15 is 0 Å². The molecule has 3 rings (SSSR count). The minimum Gasteiger partial charge on any atom is -0.333 e. The van der Waals surface area contributed by atoms with E-state index < -0.39 is 0 Å². The van der Waals surface area contributed by atoms with Crippen LogP contribution in [0.4, 0.5) is 5.69 Å². The van der Waals surface area contributed by atoms with Gasteiger partial charge in [0.1, 0.15) is 0 Å². The van der Waals surface area contributed by atoms with Crippen LogP contribution in [-0.2, 0) is 0 Å². The van der Waals surface area contributed by atoms with Gasteiger partial charge in [0.05, 0.1) is 10.7 Å². The van der Waals surface area contributed by atoms with Gasteiger partial charge in [-0.2, -0.15) is 5.10 Å². The van der Waals surface area contributed by atoms with Gasteiger partial charge in [0.25, 0.3) is 0 Å². The fraction of sp³-hybridized carbons (Fsp3) is 0.0667. The SMILES string of the molecule is Clc1ccc(C2=NN=C(Nc3ccccc3)SC2)c(Cl)c1. The molecule has 0 saturated heterocycles. The Labute approximate surface area is 137 Å². The van der Waals surface area contributed by atoms with Crippen molar-refractivity contribution in [1.29, 1.82) is 0 Å². The number of nitrogens with zero attached hydrogens (tertiary/aromatic N) is 2. The molecule has 0 amide bonds. The lowest BCUT2D eigenvalue weighted by Crippen LogP contribution is -2.16. The predicted octanol–water partition coefficient (Wildman–Crippen LogP) is 4.91. The summed E-state index contributed by atoms with van der Waals surface area (Å²) in [6.45, 7) is 0. The number of anilines is 1. The van der Waals surface area contributed by atoms with Gasteiger partial charge in [-0.05, 0) is 24.3 Å². The van der Waals surface area contributed by atoms with E-state index in [0.29, 0.717) is 15.8 Å². The Morgan fingerprint density at radius 2 is 1.81 bits per heavy atom. The molecular formula is C15H11Cl2N3S. The van der Waals surface area contributed by atoms with E-state index in [1.54, 1.807) is 23.9 Å². The molecule has 1 heterocycles. The molecule has 3 nitrogen and oxygen atoms in total. The maximum Gasteiger partial charge on any atom is 0.187 e. The number of hydrogen-bond acceptors (Lipinski definition) is 4. The second-order valence-electron chi connectivity index (χ2n) is 4.36. The monoisotopic (exact) mass is 335 g/mol. The summed E-state index contributed by atoms with van der Waals surface area (Å²) in [4.78, 5) is 0. The average molecular weight is 336 g/mol. The zero-order chi connectivity index (χ0) is 14.7. The molecular weight excluding hydrogens is 325 g/mol. The third-order valence-corrected chi connectivity index (χ3v) is 4.30. The fourth-order valence-corrected chi connectivity index (χ4v) is 3.15. The topological polar surface area (TPSA) is 36.8 Å². The lowest BCUT2D eigenvalue weighted by Gasteiger charge is -2.14. The maximum atomic E-state index is 6.19. The standard InChI is InChI=1S/C15H11Cl2N3S/c16-10-6-7-12(13(17)8-10)14-9-21-15(20-19-14)18-11-4-2-1-3-5-11/h1-8H,9H2,(H,18,20). The fourth-order valence-electron chi connectivity index (χ4n) is 1.86. The van der Waals surface area contributed by atoms with Crippen molar-refractivity contribution >= 4 is 51.5 Å². The van der Waals surface area contributed by atoms with E-state index in [0.717, 1.165) is 22.1 Å². The van der Waals surface area contributed by atoms with Crippen LogP contribution in [0.5, 0.6) is 0 Å². The third kappa shape index (κ3) is 3.59. The van der Waals surface area contributed by atoms with E-state index in [4.69, 9.17) is 23.2 Å². The highest BCUT2D eigenvalue weighted by molar-refractivity contribution is 8.14. The van der Waals surface area contributed by atoms with Gasteiger partial charge >= 0.3 is 0 Å². The minimum atomic E-state index is 0.594. The first kappa shape index (κ1) is 14.4. The minimum absolute atomic E-state index is 0.594. The highest BCUT2D eigenvalue weighted by Crippen LogP contribution is 2.25. The van der Waals surface area contributed by atoms with Gasteiger partial charge in [-0.1, -0.05) is 59.2 Å². The Hall–Kier alpha value is -1.49. The molecule has 0 radical (unpaired) electrons. The van der Waals surface area contributed by atoms with E-state index in [1.165, 1.54) is 0 Å². The van der Waals surface area contributed by atoms with Crippen LogP contribution in [0, 0.1) is 0 Å². The van der Waals surface area contributed by atoms with Crippen LogP contribution in [0.2, 0.25) is 10.0 Å². The van der Waals surface area contributed by atoms with Crippen molar-refractivity contribution in [3.8, 4) is 0 Å². The van der Waals surface area contributed by atoms with Crippen LogP contribution in [0.25, 0.3) is 0 Å². The van der Waals surface area contributed by atoms with Crippen molar-refractivity contribution in [3.05, 3.63) is 64.1 Å². The zero-order valence-corrected chi connectivity index (χ0v) is 13.2. The van der Waals surface area contributed by atoms with Crippen LogP contribution in [0.1, 0.15) is 5.56 Å². The summed E-state index contributed by atoms with van der Waals surface area (Å²) >= 11 is 13.7. The molecule has 0 aromatic heterocycles. The van der Waals surface area contributed by atoms with Gasteiger partial charge in [-0.3, -0.25) is 0 Å². The first-order chi connectivity index (χ1) is 10.2. The summed E-state index contributed by atoms with van der Waals surface area (Å²) in [6, 6.07) is 15.3. The summed E-state index contributed by atoms with van der Waals surface area (Å²) in [5.74, 6) is 0.708. The molecule has 2 aromatic rings. The number of para-hydroxylation sites is 1. The van der Waals surface area contributed by atoms with E-state index in [9.17, 15) is 0 Å². The number of hydrogen-bond donors (Lipinski definition) is 1. The number of thioether (sulfide) groups is 1. The molecule has 0 bridgehead atoms. The molecule has 6 heteroatoms. The van der Waals surface area contributed by atoms with Crippen molar-refractivity contribution in [2.45, 2.75) is 0 Å². The quantitative estimate of drug-likeness (QED) is 0.846. The molecule has 2 aromatic carbocycles. The molecule has 1 aliphatic rings. The van der Waals surface area contributed by atoms with Crippen molar-refractivity contribution in [1.82, 2.24) is 0 Å². The first-order valence-corrected chi connectivity index (χ1v) is 8.01. The van der Waals surface area contributed by atoms with Gasteiger partial charge in [-0.15, -0.1) is 5.10 Å². The van der Waals surface area contributed by atoms with E-state index in [2.05, 4.69) is 15.5 Å². The molecule has 1 aliphatic heterocycles. The number of nitrogens with one attached hydrogen (secondary N) is 1. The molecule has 21 heavy (non-hydrogen) atoms. The smallest absolute Gasteiger partial charge is 0.187 e. The summed E-state index contributed by atoms with van der Waals surface area (Å²) in [5, 5.41) is 13.7. The lowest BCUT2D eigenvalue weighted by atomic mass is 10.1. The normalized spacial score (nSPS) is 14.4. The molecule has 0 atom stereocenters. The van der Waals surface area contributed by atoms with Gasteiger partial charge in [0, 0.05) is 22.0 Å². The number of rotatable bonds is 2. The molecule has 106 valence electrons. The van der Waals surface area contributed by atoms with Gasteiger partial charge in [-0.25, -0.2) is 0 Å². The Morgan fingerprint density at radius 3 is 2.48 bits per heavy atom. The Morgan fingerprint density at radius 1 is 1.00 bits per heavy atom. The summed E-state index contributed by atoms with van der Waals surface area (Å²) in [7, 11) is 0. The summed E-state index contributed by atoms with van der Waals surface area (Å²) in [5.41, 5.74) is 2.71. The number of benzene rings is 2. The number of amidine groups is 1. The summed E-state index contributed by atoms with van der Waals surface area (Å²) in [6.07, 6.45) is 0. The molecule has 0 unspecified atom stereocenters. The van der Waals surface area contributed by atoms with Crippen LogP contribution in [-0.4, -0.2) is 16.6 Å². The van der Waals surface area contributed by atoms with Crippen molar-refractivity contribution in [3.63, 3.8) is 0 Å². The van der Waals surface area contributed by atoms with Crippen LogP contribution in [0.15, 0.2) is 58.7 Å². The molecule has 0 aliphatic carbocycles. The molecule has 0 spiro atoms. The van der Waals surface area contributed by atoms with Crippen molar-refractivity contribution in [2.24, 2.45) is 10.2 Å². The van der Waals surface area contributed by atoms with Gasteiger partial charge < -0.3 is 5.32 Å². The Bertz CT molecular complexity index is 714. The largest absolute Gasteiger partial charge is 0.333 e. The van der Waals surface area contributed by atoms with Crippen molar-refractivity contribution in [2.75, 3.05) is 11.1 Å². The van der Waals surface area contributed by atoms with Crippen molar-refractivity contribution < 1.29 is 0 Å².